The van der Waals surface area contributed by atoms with E-state index in [9.17, 15) is 0 Å². The summed E-state index contributed by atoms with van der Waals surface area (Å²) in [6.45, 7) is 8.85. The fraction of sp³-hybridized carbons (Fsp3) is 0.650. The molecule has 1 aromatic rings. The summed E-state index contributed by atoms with van der Waals surface area (Å²) >= 11 is 0. The highest BCUT2D eigenvalue weighted by atomic mass is 16.5. The molecule has 0 heterocycles. The number of hydrogen-bond acceptors (Lipinski definition) is 4. The van der Waals surface area contributed by atoms with Crippen molar-refractivity contribution in [3.8, 4) is 11.5 Å². The van der Waals surface area contributed by atoms with E-state index in [4.69, 9.17) is 14.5 Å². The Bertz CT molecular complexity index is 587. The largest absolute Gasteiger partial charge is 0.497 e. The van der Waals surface area contributed by atoms with Crippen LogP contribution in [0.4, 0.5) is 0 Å². The minimum atomic E-state index is 0.721. The highest BCUT2D eigenvalue weighted by Gasteiger charge is 2.27. The van der Waals surface area contributed by atoms with Gasteiger partial charge in [-0.05, 0) is 38.4 Å². The lowest BCUT2D eigenvalue weighted by Gasteiger charge is -2.24. The summed E-state index contributed by atoms with van der Waals surface area (Å²) < 4.78 is 10.8. The minimum Gasteiger partial charge on any atom is -0.497 e. The second kappa shape index (κ2) is 10.3. The van der Waals surface area contributed by atoms with Gasteiger partial charge in [0.05, 0.1) is 20.8 Å². The van der Waals surface area contributed by atoms with Crippen molar-refractivity contribution in [2.45, 2.75) is 39.3 Å². The van der Waals surface area contributed by atoms with E-state index in [1.165, 1.54) is 12.8 Å². The third-order valence-electron chi connectivity index (χ3n) is 4.72. The quantitative estimate of drug-likeness (QED) is 0.512. The Hall–Kier alpha value is -1.95. The molecule has 0 saturated heterocycles. The zero-order valence-corrected chi connectivity index (χ0v) is 16.9. The highest BCUT2D eigenvalue weighted by molar-refractivity contribution is 5.79. The number of nitrogens with zero attached hydrogens (tertiary/aromatic N) is 3. The summed E-state index contributed by atoms with van der Waals surface area (Å²) in [5, 5.41) is 3.39. The van der Waals surface area contributed by atoms with Gasteiger partial charge in [-0.15, -0.1) is 0 Å². The van der Waals surface area contributed by atoms with Gasteiger partial charge < -0.3 is 19.7 Å². The number of methoxy groups -OCH3 is 2. The van der Waals surface area contributed by atoms with Gasteiger partial charge in [0.1, 0.15) is 11.5 Å². The van der Waals surface area contributed by atoms with E-state index in [-0.39, 0.29) is 0 Å². The van der Waals surface area contributed by atoms with Crippen LogP contribution in [0.15, 0.2) is 23.2 Å². The number of guanidine groups is 1. The first-order valence-corrected chi connectivity index (χ1v) is 9.57. The van der Waals surface area contributed by atoms with Gasteiger partial charge in [0, 0.05) is 44.4 Å². The summed E-state index contributed by atoms with van der Waals surface area (Å²) in [6, 6.07) is 6.72. The average molecular weight is 363 g/mol. The Morgan fingerprint density at radius 3 is 2.58 bits per heavy atom. The molecule has 6 nitrogen and oxygen atoms in total. The lowest BCUT2D eigenvalue weighted by Crippen LogP contribution is -2.39. The molecule has 0 bridgehead atoms. The van der Waals surface area contributed by atoms with E-state index in [2.05, 4.69) is 36.0 Å². The molecule has 146 valence electrons. The van der Waals surface area contributed by atoms with Gasteiger partial charge in [0.25, 0.3) is 0 Å². The predicted octanol–water partition coefficient (Wildman–Crippen LogP) is 2.59. The standard InChI is InChI=1S/C20H34N4O2/c1-6-21-20(22-12-13-24(7-2)17-9-10-17)23(3)15-16-8-11-18(25-4)14-19(16)26-5/h8,11,14,17H,6-7,9-10,12-13,15H2,1-5H3,(H,21,22). The number of hydrogen-bond donors (Lipinski definition) is 1. The van der Waals surface area contributed by atoms with Crippen LogP contribution >= 0.6 is 0 Å². The van der Waals surface area contributed by atoms with E-state index < -0.39 is 0 Å². The predicted molar refractivity (Wildman–Crippen MR) is 107 cm³/mol. The fourth-order valence-electron chi connectivity index (χ4n) is 3.11. The topological polar surface area (TPSA) is 49.3 Å². The fourth-order valence-corrected chi connectivity index (χ4v) is 3.11. The molecule has 0 spiro atoms. The van der Waals surface area contributed by atoms with Crippen molar-refractivity contribution >= 4 is 5.96 Å². The smallest absolute Gasteiger partial charge is 0.194 e. The van der Waals surface area contributed by atoms with Gasteiger partial charge in [-0.2, -0.15) is 0 Å². The first kappa shape index (κ1) is 20.4. The van der Waals surface area contributed by atoms with Crippen LogP contribution in [0.5, 0.6) is 11.5 Å². The Labute approximate surface area is 158 Å². The maximum atomic E-state index is 5.52. The van der Waals surface area contributed by atoms with Crippen LogP contribution in [-0.2, 0) is 6.54 Å². The average Bonchev–Trinajstić information content (AvgIpc) is 3.49. The van der Waals surface area contributed by atoms with Crippen LogP contribution in [0.2, 0.25) is 0 Å². The van der Waals surface area contributed by atoms with Crippen LogP contribution in [0, 0.1) is 0 Å². The third-order valence-corrected chi connectivity index (χ3v) is 4.72. The van der Waals surface area contributed by atoms with Gasteiger partial charge in [0.2, 0.25) is 0 Å². The molecule has 26 heavy (non-hydrogen) atoms. The zero-order valence-electron chi connectivity index (χ0n) is 16.9. The summed E-state index contributed by atoms with van der Waals surface area (Å²) in [6.07, 6.45) is 2.68. The molecule has 1 aliphatic carbocycles. The monoisotopic (exact) mass is 362 g/mol. The Morgan fingerprint density at radius 2 is 2.00 bits per heavy atom. The second-order valence-electron chi connectivity index (χ2n) is 6.63. The summed E-state index contributed by atoms with van der Waals surface area (Å²) in [5.41, 5.74) is 1.11. The molecule has 0 atom stereocenters. The number of ether oxygens (including phenoxy) is 2. The lowest BCUT2D eigenvalue weighted by molar-refractivity contribution is 0.285. The molecule has 1 fully saturated rings. The molecule has 0 amide bonds. The van der Waals surface area contributed by atoms with E-state index >= 15 is 0 Å². The second-order valence-corrected chi connectivity index (χ2v) is 6.63. The van der Waals surface area contributed by atoms with Crippen molar-refractivity contribution < 1.29 is 9.47 Å². The van der Waals surface area contributed by atoms with Crippen molar-refractivity contribution in [2.24, 2.45) is 4.99 Å². The number of likely N-dealkylation sites (N-methyl/N-ethyl adjacent to an activating group) is 1. The van der Waals surface area contributed by atoms with Crippen LogP contribution in [0.25, 0.3) is 0 Å². The first-order chi connectivity index (χ1) is 12.6. The summed E-state index contributed by atoms with van der Waals surface area (Å²) in [4.78, 5) is 9.49. The number of nitrogens with one attached hydrogen (secondary N) is 1. The summed E-state index contributed by atoms with van der Waals surface area (Å²) in [7, 11) is 5.41. The van der Waals surface area contributed by atoms with Gasteiger partial charge >= 0.3 is 0 Å². The Morgan fingerprint density at radius 1 is 1.23 bits per heavy atom. The van der Waals surface area contributed by atoms with E-state index in [1.54, 1.807) is 14.2 Å². The van der Waals surface area contributed by atoms with Crippen LogP contribution in [-0.4, -0.2) is 69.2 Å². The normalized spacial score (nSPS) is 14.5. The van der Waals surface area contributed by atoms with Crippen molar-refractivity contribution in [3.63, 3.8) is 0 Å². The van der Waals surface area contributed by atoms with Crippen molar-refractivity contribution in [2.75, 3.05) is 47.4 Å². The van der Waals surface area contributed by atoms with E-state index in [0.29, 0.717) is 0 Å². The molecular weight excluding hydrogens is 328 g/mol. The molecule has 1 aromatic carbocycles. The van der Waals surface area contributed by atoms with Crippen molar-refractivity contribution in [1.29, 1.82) is 0 Å². The van der Waals surface area contributed by atoms with Gasteiger partial charge in [-0.1, -0.05) is 6.92 Å². The van der Waals surface area contributed by atoms with Crippen molar-refractivity contribution in [3.05, 3.63) is 23.8 Å². The highest BCUT2D eigenvalue weighted by Crippen LogP contribution is 2.26. The molecule has 1 saturated carbocycles. The Balaban J connectivity index is 2.00. The minimum absolute atomic E-state index is 0.721. The molecular formula is C20H34N4O2. The van der Waals surface area contributed by atoms with Gasteiger partial charge in [0.15, 0.2) is 5.96 Å². The number of rotatable bonds is 10. The molecule has 6 heteroatoms. The molecule has 0 aliphatic heterocycles. The molecule has 1 N–H and O–H groups in total. The molecule has 0 radical (unpaired) electrons. The van der Waals surface area contributed by atoms with Crippen molar-refractivity contribution in [1.82, 2.24) is 15.1 Å². The maximum absolute atomic E-state index is 5.52. The molecule has 0 unspecified atom stereocenters. The SMILES string of the molecule is CCNC(=NCCN(CC)C1CC1)N(C)Cc1ccc(OC)cc1OC. The number of benzene rings is 1. The van der Waals surface area contributed by atoms with Gasteiger partial charge in [-0.3, -0.25) is 9.89 Å². The van der Waals surface area contributed by atoms with Crippen LogP contribution in [0.1, 0.15) is 32.3 Å². The molecule has 2 rings (SSSR count). The zero-order chi connectivity index (χ0) is 18.9. The maximum Gasteiger partial charge on any atom is 0.194 e. The first-order valence-electron chi connectivity index (χ1n) is 9.57. The van der Waals surface area contributed by atoms with E-state index in [0.717, 1.165) is 61.8 Å². The van der Waals surface area contributed by atoms with E-state index in [1.807, 2.05) is 18.2 Å². The van der Waals surface area contributed by atoms with Gasteiger partial charge in [-0.25, -0.2) is 0 Å². The lowest BCUT2D eigenvalue weighted by atomic mass is 10.2. The van der Waals surface area contributed by atoms with Crippen LogP contribution in [0.3, 0.4) is 0 Å². The van der Waals surface area contributed by atoms with Crippen LogP contribution < -0.4 is 14.8 Å². The number of aliphatic imine (C=N–C) groups is 1. The molecule has 1 aliphatic rings. The Kier molecular flexibility index (Phi) is 8.04. The summed E-state index contributed by atoms with van der Waals surface area (Å²) in [5.74, 6) is 2.56. The third kappa shape index (κ3) is 5.80. The molecule has 0 aromatic heterocycles.